The first kappa shape index (κ1) is 16.8. The number of amides is 1. The molecule has 5 heteroatoms. The molecule has 128 valence electrons. The van der Waals surface area contributed by atoms with Crippen molar-refractivity contribution in [2.75, 3.05) is 6.61 Å². The van der Waals surface area contributed by atoms with Crippen LogP contribution < -0.4 is 10.1 Å². The number of aromatic amines is 1. The Morgan fingerprint density at radius 1 is 1.16 bits per heavy atom. The number of ether oxygens (including phenoxy) is 1. The molecule has 0 aliphatic carbocycles. The summed E-state index contributed by atoms with van der Waals surface area (Å²) >= 11 is 0. The minimum atomic E-state index is -0.161. The van der Waals surface area contributed by atoms with Gasteiger partial charge in [-0.1, -0.05) is 30.3 Å². The number of rotatable bonds is 7. The van der Waals surface area contributed by atoms with Crippen LogP contribution in [0.15, 0.2) is 67.0 Å². The fourth-order valence-electron chi connectivity index (χ4n) is 2.65. The van der Waals surface area contributed by atoms with Crippen LogP contribution in [0, 0.1) is 0 Å². The minimum Gasteiger partial charge on any atom is -0.494 e. The van der Waals surface area contributed by atoms with Crippen LogP contribution in [-0.2, 0) is 6.42 Å². The predicted octanol–water partition coefficient (Wildman–Crippen LogP) is 3.52. The van der Waals surface area contributed by atoms with Gasteiger partial charge < -0.3 is 15.0 Å². The summed E-state index contributed by atoms with van der Waals surface area (Å²) in [5.41, 5.74) is 1.64. The first-order valence-electron chi connectivity index (χ1n) is 8.33. The number of nitrogens with zero attached hydrogens (tertiary/aromatic N) is 1. The van der Waals surface area contributed by atoms with Crippen molar-refractivity contribution in [3.8, 4) is 5.75 Å². The molecular formula is C20H21N3O2. The average molecular weight is 335 g/mol. The molecule has 1 heterocycles. The van der Waals surface area contributed by atoms with Gasteiger partial charge in [-0.05, 0) is 36.8 Å². The summed E-state index contributed by atoms with van der Waals surface area (Å²) in [7, 11) is 0. The highest BCUT2D eigenvalue weighted by Gasteiger charge is 2.17. The molecule has 0 spiro atoms. The summed E-state index contributed by atoms with van der Waals surface area (Å²) in [6.07, 6.45) is 4.09. The van der Waals surface area contributed by atoms with E-state index >= 15 is 0 Å². The summed E-state index contributed by atoms with van der Waals surface area (Å²) in [6.45, 7) is 2.53. The van der Waals surface area contributed by atoms with Gasteiger partial charge in [-0.2, -0.15) is 0 Å². The van der Waals surface area contributed by atoms with Crippen molar-refractivity contribution in [2.24, 2.45) is 0 Å². The zero-order valence-corrected chi connectivity index (χ0v) is 14.1. The lowest BCUT2D eigenvalue weighted by Gasteiger charge is -2.18. The van der Waals surface area contributed by atoms with E-state index in [0.717, 1.165) is 17.1 Å². The third-order valence-electron chi connectivity index (χ3n) is 3.89. The van der Waals surface area contributed by atoms with E-state index in [1.165, 1.54) is 0 Å². The molecule has 0 fully saturated rings. The predicted molar refractivity (Wildman–Crippen MR) is 96.6 cm³/mol. The number of carbonyl (C=O) groups excluding carboxylic acids is 1. The molecular weight excluding hydrogens is 314 g/mol. The van der Waals surface area contributed by atoms with Gasteiger partial charge in [-0.15, -0.1) is 0 Å². The summed E-state index contributed by atoms with van der Waals surface area (Å²) in [5, 5.41) is 3.10. The first-order valence-corrected chi connectivity index (χ1v) is 8.33. The Hall–Kier alpha value is -3.08. The second-order valence-corrected chi connectivity index (χ2v) is 5.63. The van der Waals surface area contributed by atoms with E-state index in [2.05, 4.69) is 15.3 Å². The SMILES string of the molecule is CCOc1ccc(C(=O)N[C@@H](Cc2ncc[nH]2)c2ccccc2)cc1. The Morgan fingerprint density at radius 2 is 1.92 bits per heavy atom. The summed E-state index contributed by atoms with van der Waals surface area (Å²) in [5.74, 6) is 1.47. The highest BCUT2D eigenvalue weighted by molar-refractivity contribution is 5.94. The molecule has 2 N–H and O–H groups in total. The standard InChI is InChI=1S/C20H21N3O2/c1-2-25-17-10-8-16(9-11-17)20(24)23-18(14-19-21-12-13-22-19)15-6-4-3-5-7-15/h3-13,18H,2,14H2,1H3,(H,21,22)(H,23,24)/t18-/m0/s1. The van der Waals surface area contributed by atoms with Crippen LogP contribution in [0.25, 0.3) is 0 Å². The molecule has 0 saturated heterocycles. The lowest BCUT2D eigenvalue weighted by atomic mass is 10.0. The molecule has 2 aromatic carbocycles. The molecule has 1 aromatic heterocycles. The van der Waals surface area contributed by atoms with E-state index in [1.54, 1.807) is 24.5 Å². The second-order valence-electron chi connectivity index (χ2n) is 5.63. The smallest absolute Gasteiger partial charge is 0.251 e. The molecule has 0 aliphatic heterocycles. The topological polar surface area (TPSA) is 67.0 Å². The van der Waals surface area contributed by atoms with Crippen molar-refractivity contribution in [1.29, 1.82) is 0 Å². The van der Waals surface area contributed by atoms with Gasteiger partial charge in [0, 0.05) is 24.4 Å². The molecule has 25 heavy (non-hydrogen) atoms. The zero-order chi connectivity index (χ0) is 17.5. The van der Waals surface area contributed by atoms with Crippen LogP contribution in [0.4, 0.5) is 0 Å². The molecule has 3 rings (SSSR count). The number of nitrogens with one attached hydrogen (secondary N) is 2. The third kappa shape index (κ3) is 4.47. The van der Waals surface area contributed by atoms with Crippen LogP contribution in [0.5, 0.6) is 5.75 Å². The summed E-state index contributed by atoms with van der Waals surface area (Å²) in [6, 6.07) is 16.9. The fourth-order valence-corrected chi connectivity index (χ4v) is 2.65. The number of imidazole rings is 1. The van der Waals surface area contributed by atoms with E-state index in [9.17, 15) is 4.79 Å². The average Bonchev–Trinajstić information content (AvgIpc) is 3.16. The quantitative estimate of drug-likeness (QED) is 0.694. The molecule has 0 saturated carbocycles. The van der Waals surface area contributed by atoms with Gasteiger partial charge in [0.05, 0.1) is 12.6 Å². The van der Waals surface area contributed by atoms with E-state index in [4.69, 9.17) is 4.74 Å². The van der Waals surface area contributed by atoms with Gasteiger partial charge in [0.2, 0.25) is 0 Å². The van der Waals surface area contributed by atoms with Crippen molar-refractivity contribution in [3.63, 3.8) is 0 Å². The Bertz CT molecular complexity index is 784. The van der Waals surface area contributed by atoms with Gasteiger partial charge >= 0.3 is 0 Å². The highest BCUT2D eigenvalue weighted by atomic mass is 16.5. The van der Waals surface area contributed by atoms with Gasteiger partial charge in [-0.25, -0.2) is 4.98 Å². The summed E-state index contributed by atoms with van der Waals surface area (Å²) in [4.78, 5) is 20.0. The monoisotopic (exact) mass is 335 g/mol. The molecule has 0 aliphatic rings. The van der Waals surface area contributed by atoms with E-state index in [-0.39, 0.29) is 11.9 Å². The van der Waals surface area contributed by atoms with E-state index in [1.807, 2.05) is 49.4 Å². The number of H-pyrrole nitrogens is 1. The van der Waals surface area contributed by atoms with Crippen molar-refractivity contribution in [2.45, 2.75) is 19.4 Å². The van der Waals surface area contributed by atoms with Crippen LogP contribution in [0.3, 0.4) is 0 Å². The minimum absolute atomic E-state index is 0.122. The number of carbonyl (C=O) groups is 1. The molecule has 5 nitrogen and oxygen atoms in total. The Labute approximate surface area is 147 Å². The Balaban J connectivity index is 1.76. The van der Waals surface area contributed by atoms with E-state index < -0.39 is 0 Å². The lowest BCUT2D eigenvalue weighted by Crippen LogP contribution is -2.30. The van der Waals surface area contributed by atoms with Crippen LogP contribution in [0.2, 0.25) is 0 Å². The van der Waals surface area contributed by atoms with Crippen LogP contribution >= 0.6 is 0 Å². The molecule has 0 radical (unpaired) electrons. The fraction of sp³-hybridized carbons (Fsp3) is 0.200. The molecule has 1 atom stereocenters. The van der Waals surface area contributed by atoms with Crippen molar-refractivity contribution in [3.05, 3.63) is 83.9 Å². The Kier molecular flexibility index (Phi) is 5.46. The number of hydrogen-bond acceptors (Lipinski definition) is 3. The maximum atomic E-state index is 12.6. The third-order valence-corrected chi connectivity index (χ3v) is 3.89. The van der Waals surface area contributed by atoms with Crippen molar-refractivity contribution >= 4 is 5.91 Å². The molecule has 3 aromatic rings. The normalized spacial score (nSPS) is 11.7. The summed E-state index contributed by atoms with van der Waals surface area (Å²) < 4.78 is 5.42. The van der Waals surface area contributed by atoms with Crippen LogP contribution in [-0.4, -0.2) is 22.5 Å². The maximum absolute atomic E-state index is 12.6. The number of hydrogen-bond donors (Lipinski definition) is 2. The zero-order valence-electron chi connectivity index (χ0n) is 14.1. The number of benzene rings is 2. The van der Waals surface area contributed by atoms with Gasteiger partial charge in [0.25, 0.3) is 5.91 Å². The van der Waals surface area contributed by atoms with Gasteiger partial charge in [-0.3, -0.25) is 4.79 Å². The molecule has 1 amide bonds. The van der Waals surface area contributed by atoms with Gasteiger partial charge in [0.1, 0.15) is 11.6 Å². The second kappa shape index (κ2) is 8.15. The lowest BCUT2D eigenvalue weighted by molar-refractivity contribution is 0.0936. The van der Waals surface area contributed by atoms with E-state index in [0.29, 0.717) is 18.6 Å². The first-order chi connectivity index (χ1) is 12.3. The van der Waals surface area contributed by atoms with Crippen molar-refractivity contribution in [1.82, 2.24) is 15.3 Å². The molecule has 0 unspecified atom stereocenters. The largest absolute Gasteiger partial charge is 0.494 e. The van der Waals surface area contributed by atoms with Crippen LogP contribution in [0.1, 0.15) is 34.7 Å². The Morgan fingerprint density at radius 3 is 2.56 bits per heavy atom. The highest BCUT2D eigenvalue weighted by Crippen LogP contribution is 2.18. The maximum Gasteiger partial charge on any atom is 0.251 e. The number of aromatic nitrogens is 2. The molecule has 0 bridgehead atoms. The van der Waals surface area contributed by atoms with Crippen molar-refractivity contribution < 1.29 is 9.53 Å². The van der Waals surface area contributed by atoms with Gasteiger partial charge in [0.15, 0.2) is 0 Å².